The summed E-state index contributed by atoms with van der Waals surface area (Å²) in [4.78, 5) is 20.3. The molecular weight excluding hydrogens is 294 g/mol. The number of aromatic nitrogens is 2. The van der Waals surface area contributed by atoms with Gasteiger partial charge in [0.25, 0.3) is 0 Å². The number of aliphatic hydroxyl groups excluding tert-OH is 1. The molecule has 3 atom stereocenters. The molecule has 1 saturated carbocycles. The molecule has 3 rings (SSSR count). The molecule has 0 bridgehead atoms. The average molecular weight is 321 g/mol. The third kappa shape index (κ3) is 3.73. The summed E-state index contributed by atoms with van der Waals surface area (Å²) >= 11 is 0. The van der Waals surface area contributed by atoms with Gasteiger partial charge in [0.05, 0.1) is 24.7 Å². The average Bonchev–Trinajstić information content (AvgIpc) is 2.92. The van der Waals surface area contributed by atoms with Gasteiger partial charge < -0.3 is 15.0 Å². The fourth-order valence-corrected chi connectivity index (χ4v) is 3.88. The topological polar surface area (TPSA) is 73.6 Å². The quantitative estimate of drug-likeness (QED) is 0.787. The van der Waals surface area contributed by atoms with Gasteiger partial charge in [-0.2, -0.15) is 0 Å². The van der Waals surface area contributed by atoms with Crippen LogP contribution in [0, 0.1) is 0 Å². The number of nitrogens with zero attached hydrogens (tertiary/aromatic N) is 4. The molecule has 1 aromatic rings. The normalized spacial score (nSPS) is 29.7. The molecular formula is C16H27N5O2. The lowest BCUT2D eigenvalue weighted by molar-refractivity contribution is -0.127. The highest BCUT2D eigenvalue weighted by Gasteiger charge is 2.38. The van der Waals surface area contributed by atoms with Crippen LogP contribution in [-0.2, 0) is 18.4 Å². The van der Waals surface area contributed by atoms with E-state index in [0.29, 0.717) is 13.1 Å². The van der Waals surface area contributed by atoms with Crippen LogP contribution in [0.2, 0.25) is 0 Å². The Bertz CT molecular complexity index is 546. The zero-order chi connectivity index (χ0) is 16.4. The summed E-state index contributed by atoms with van der Waals surface area (Å²) in [7, 11) is 4.01. The SMILES string of the molecule is CN(Cc1cn(C)cn1)[C@@H]1CCC[C@@H](N2CCNC(=O)C2)[C@@H]1O. The molecule has 23 heavy (non-hydrogen) atoms. The number of hydrogen-bond acceptors (Lipinski definition) is 5. The Morgan fingerprint density at radius 1 is 1.48 bits per heavy atom. The Balaban J connectivity index is 1.64. The smallest absolute Gasteiger partial charge is 0.234 e. The van der Waals surface area contributed by atoms with Crippen LogP contribution in [0.3, 0.4) is 0 Å². The largest absolute Gasteiger partial charge is 0.390 e. The van der Waals surface area contributed by atoms with Crippen molar-refractivity contribution in [2.45, 2.75) is 44.0 Å². The van der Waals surface area contributed by atoms with Crippen molar-refractivity contribution in [3.05, 3.63) is 18.2 Å². The van der Waals surface area contributed by atoms with E-state index in [1.807, 2.05) is 24.9 Å². The van der Waals surface area contributed by atoms with Gasteiger partial charge in [-0.3, -0.25) is 14.6 Å². The number of imidazole rings is 1. The molecule has 1 aliphatic carbocycles. The van der Waals surface area contributed by atoms with E-state index in [9.17, 15) is 9.90 Å². The molecule has 0 radical (unpaired) electrons. The van der Waals surface area contributed by atoms with Gasteiger partial charge >= 0.3 is 0 Å². The maximum Gasteiger partial charge on any atom is 0.234 e. The van der Waals surface area contributed by atoms with Crippen LogP contribution in [0.25, 0.3) is 0 Å². The van der Waals surface area contributed by atoms with Gasteiger partial charge in [0, 0.05) is 45.0 Å². The van der Waals surface area contributed by atoms with Gasteiger partial charge in [-0.15, -0.1) is 0 Å². The van der Waals surface area contributed by atoms with Crippen LogP contribution >= 0.6 is 0 Å². The number of nitrogens with one attached hydrogen (secondary N) is 1. The Morgan fingerprint density at radius 2 is 2.30 bits per heavy atom. The Hall–Kier alpha value is -1.44. The number of rotatable bonds is 4. The summed E-state index contributed by atoms with van der Waals surface area (Å²) in [6.45, 7) is 2.63. The third-order valence-electron chi connectivity index (χ3n) is 5.06. The van der Waals surface area contributed by atoms with E-state index < -0.39 is 6.10 Å². The summed E-state index contributed by atoms with van der Waals surface area (Å²) in [6, 6.07) is 0.187. The number of piperazine rings is 1. The number of hydrogen-bond donors (Lipinski definition) is 2. The van der Waals surface area contributed by atoms with Gasteiger partial charge in [-0.1, -0.05) is 6.42 Å². The molecule has 1 saturated heterocycles. The number of carbonyl (C=O) groups excluding carboxylic acids is 1. The molecule has 0 unspecified atom stereocenters. The first-order valence-electron chi connectivity index (χ1n) is 8.40. The van der Waals surface area contributed by atoms with Crippen molar-refractivity contribution in [1.82, 2.24) is 24.7 Å². The van der Waals surface area contributed by atoms with Crippen molar-refractivity contribution in [1.29, 1.82) is 0 Å². The number of aliphatic hydroxyl groups is 1. The lowest BCUT2D eigenvalue weighted by Gasteiger charge is -2.45. The molecule has 1 aromatic heterocycles. The predicted octanol–water partition coefficient (Wildman–Crippen LogP) is -0.434. The second-order valence-corrected chi connectivity index (χ2v) is 6.82. The van der Waals surface area contributed by atoms with E-state index in [1.165, 1.54) is 0 Å². The molecule has 0 spiro atoms. The minimum Gasteiger partial charge on any atom is -0.390 e. The van der Waals surface area contributed by atoms with Crippen LogP contribution < -0.4 is 5.32 Å². The fraction of sp³-hybridized carbons (Fsp3) is 0.750. The number of carbonyl (C=O) groups is 1. The van der Waals surface area contributed by atoms with E-state index in [4.69, 9.17) is 0 Å². The lowest BCUT2D eigenvalue weighted by atomic mass is 9.86. The van der Waals surface area contributed by atoms with E-state index >= 15 is 0 Å². The number of amides is 1. The summed E-state index contributed by atoms with van der Waals surface area (Å²) in [5, 5.41) is 13.7. The number of aryl methyl sites for hydroxylation is 1. The molecule has 2 heterocycles. The Labute approximate surface area is 137 Å². The van der Waals surface area contributed by atoms with E-state index in [-0.39, 0.29) is 18.0 Å². The van der Waals surface area contributed by atoms with Crippen LogP contribution in [0.15, 0.2) is 12.5 Å². The first kappa shape index (κ1) is 16.4. The standard InChI is InChI=1S/C16H27N5O2/c1-19-8-12(18-11-19)9-20(2)13-4-3-5-14(16(13)23)21-7-6-17-15(22)10-21/h8,11,13-14,16,23H,3-7,9-10H2,1-2H3,(H,17,22)/t13-,14-,16-/m1/s1. The molecule has 1 amide bonds. The summed E-state index contributed by atoms with van der Waals surface area (Å²) in [5.41, 5.74) is 1.02. The van der Waals surface area contributed by atoms with Gasteiger partial charge in [0.15, 0.2) is 0 Å². The van der Waals surface area contributed by atoms with Crippen molar-refractivity contribution in [3.63, 3.8) is 0 Å². The van der Waals surface area contributed by atoms with E-state index in [2.05, 4.69) is 20.1 Å². The zero-order valence-corrected chi connectivity index (χ0v) is 14.0. The minimum atomic E-state index is -0.427. The number of likely N-dealkylation sites (N-methyl/N-ethyl adjacent to an activating group) is 1. The van der Waals surface area contributed by atoms with Gasteiger partial charge in [-0.25, -0.2) is 4.98 Å². The third-order valence-corrected chi connectivity index (χ3v) is 5.06. The van der Waals surface area contributed by atoms with E-state index in [1.54, 1.807) is 6.33 Å². The van der Waals surface area contributed by atoms with Crippen LogP contribution in [-0.4, -0.2) is 75.2 Å². The molecule has 0 aromatic carbocycles. The molecule has 1 aliphatic heterocycles. The Kier molecular flexibility index (Phi) is 4.99. The summed E-state index contributed by atoms with van der Waals surface area (Å²) < 4.78 is 1.94. The zero-order valence-electron chi connectivity index (χ0n) is 14.0. The fourth-order valence-electron chi connectivity index (χ4n) is 3.88. The maximum atomic E-state index is 11.6. The Morgan fingerprint density at radius 3 is 3.00 bits per heavy atom. The van der Waals surface area contributed by atoms with Crippen molar-refractivity contribution >= 4 is 5.91 Å². The second kappa shape index (κ2) is 6.98. The van der Waals surface area contributed by atoms with Crippen LogP contribution in [0.4, 0.5) is 0 Å². The highest BCUT2D eigenvalue weighted by Crippen LogP contribution is 2.27. The first-order chi connectivity index (χ1) is 11.0. The van der Waals surface area contributed by atoms with Crippen LogP contribution in [0.5, 0.6) is 0 Å². The van der Waals surface area contributed by atoms with Crippen molar-refractivity contribution < 1.29 is 9.90 Å². The second-order valence-electron chi connectivity index (χ2n) is 6.82. The van der Waals surface area contributed by atoms with Crippen LogP contribution in [0.1, 0.15) is 25.0 Å². The van der Waals surface area contributed by atoms with Crippen molar-refractivity contribution in [2.75, 3.05) is 26.7 Å². The van der Waals surface area contributed by atoms with Crippen molar-refractivity contribution in [3.8, 4) is 0 Å². The minimum absolute atomic E-state index is 0.0624. The molecule has 2 fully saturated rings. The van der Waals surface area contributed by atoms with Gasteiger partial charge in [0.1, 0.15) is 0 Å². The predicted molar refractivity (Wildman–Crippen MR) is 86.7 cm³/mol. The highest BCUT2D eigenvalue weighted by molar-refractivity contribution is 5.78. The molecule has 7 nitrogen and oxygen atoms in total. The van der Waals surface area contributed by atoms with Gasteiger partial charge in [-0.05, 0) is 19.9 Å². The highest BCUT2D eigenvalue weighted by atomic mass is 16.3. The summed E-state index contributed by atoms with van der Waals surface area (Å²) in [6.07, 6.45) is 6.41. The first-order valence-corrected chi connectivity index (χ1v) is 8.40. The molecule has 2 N–H and O–H groups in total. The molecule has 128 valence electrons. The lowest BCUT2D eigenvalue weighted by Crippen LogP contribution is -2.60. The molecule has 7 heteroatoms. The monoisotopic (exact) mass is 321 g/mol. The molecule has 2 aliphatic rings. The summed E-state index contributed by atoms with van der Waals surface area (Å²) in [5.74, 6) is 0.0624. The van der Waals surface area contributed by atoms with Gasteiger partial charge in [0.2, 0.25) is 5.91 Å². The van der Waals surface area contributed by atoms with E-state index in [0.717, 1.165) is 38.0 Å². The van der Waals surface area contributed by atoms with Crippen molar-refractivity contribution in [2.24, 2.45) is 7.05 Å². The maximum absolute atomic E-state index is 11.6.